The highest BCUT2D eigenvalue weighted by Gasteiger charge is 1.93. The summed E-state index contributed by atoms with van der Waals surface area (Å²) in [5.74, 6) is 0. The van der Waals surface area contributed by atoms with E-state index in [0.29, 0.717) is 0 Å². The van der Waals surface area contributed by atoms with Gasteiger partial charge in [0.2, 0.25) is 13.6 Å². The zero-order chi connectivity index (χ0) is 6.95. The minimum Gasteiger partial charge on any atom is -0.319 e. The standard InChI is InChI=1S/C2H6O5P2/c3-8-6-1-5-2-7-9-4/h8-9H,1-2H2/q+2. The highest BCUT2D eigenvalue weighted by Crippen LogP contribution is 1.96. The highest BCUT2D eigenvalue weighted by molar-refractivity contribution is 7.17. The fraction of sp³-hybridized carbons (Fsp3) is 1.00. The molecule has 0 fully saturated rings. The monoisotopic (exact) mass is 172 g/mol. The van der Waals surface area contributed by atoms with Crippen molar-refractivity contribution in [2.24, 2.45) is 0 Å². The maximum atomic E-state index is 9.59. The fourth-order valence-corrected chi connectivity index (χ4v) is 0.428. The van der Waals surface area contributed by atoms with Crippen LogP contribution in [0.25, 0.3) is 0 Å². The van der Waals surface area contributed by atoms with E-state index in [1.807, 2.05) is 0 Å². The molecule has 0 saturated heterocycles. The molecule has 0 bridgehead atoms. The van der Waals surface area contributed by atoms with Crippen LogP contribution in [0.1, 0.15) is 0 Å². The number of ether oxygens (including phenoxy) is 1. The van der Waals surface area contributed by atoms with Gasteiger partial charge in [-0.3, -0.25) is 0 Å². The predicted octanol–water partition coefficient (Wildman–Crippen LogP) is 0.829. The molecule has 0 spiro atoms. The highest BCUT2D eigenvalue weighted by atomic mass is 31.1. The molecule has 7 heteroatoms. The number of rotatable bonds is 6. The van der Waals surface area contributed by atoms with Gasteiger partial charge in [0.15, 0.2) is 0 Å². The summed E-state index contributed by atoms with van der Waals surface area (Å²) in [6, 6.07) is 0. The molecule has 0 saturated carbocycles. The molecule has 0 rings (SSSR count). The minimum atomic E-state index is -0.837. The van der Waals surface area contributed by atoms with Crippen LogP contribution in [0.15, 0.2) is 0 Å². The van der Waals surface area contributed by atoms with Gasteiger partial charge in [-0.15, -0.1) is 9.05 Å². The summed E-state index contributed by atoms with van der Waals surface area (Å²) < 4.78 is 32.2. The van der Waals surface area contributed by atoms with E-state index in [1.165, 1.54) is 0 Å². The average molecular weight is 172 g/mol. The maximum absolute atomic E-state index is 9.59. The van der Waals surface area contributed by atoms with Gasteiger partial charge in [0, 0.05) is 0 Å². The van der Waals surface area contributed by atoms with Crippen molar-refractivity contribution in [2.45, 2.75) is 0 Å². The Labute approximate surface area is 54.9 Å². The van der Waals surface area contributed by atoms with Crippen molar-refractivity contribution < 1.29 is 22.9 Å². The van der Waals surface area contributed by atoms with Crippen LogP contribution in [-0.2, 0) is 22.9 Å². The lowest BCUT2D eigenvalue weighted by molar-refractivity contribution is -0.0445. The lowest BCUT2D eigenvalue weighted by atomic mass is 11.4. The maximum Gasteiger partial charge on any atom is 0.496 e. The van der Waals surface area contributed by atoms with Gasteiger partial charge in [-0.2, -0.15) is 0 Å². The number of hydrogen-bond donors (Lipinski definition) is 0. The van der Waals surface area contributed by atoms with Crippen molar-refractivity contribution in [1.82, 2.24) is 0 Å². The molecule has 0 aromatic heterocycles. The van der Waals surface area contributed by atoms with E-state index in [9.17, 15) is 9.13 Å². The normalized spacial score (nSPS) is 10.7. The molecule has 2 unspecified atom stereocenters. The molecular weight excluding hydrogens is 166 g/mol. The molecule has 0 aromatic rings. The first-order valence-electron chi connectivity index (χ1n) is 1.97. The van der Waals surface area contributed by atoms with Crippen molar-refractivity contribution >= 4 is 17.4 Å². The third-order valence-corrected chi connectivity index (χ3v) is 0.874. The van der Waals surface area contributed by atoms with Crippen LogP contribution in [0, 0.1) is 0 Å². The zero-order valence-electron chi connectivity index (χ0n) is 4.46. The average Bonchev–Trinajstić information content (AvgIpc) is 1.89. The summed E-state index contributed by atoms with van der Waals surface area (Å²) in [6.07, 6.45) is 0. The van der Waals surface area contributed by atoms with Crippen molar-refractivity contribution in [1.29, 1.82) is 0 Å². The second kappa shape index (κ2) is 8.08. The molecule has 0 aliphatic heterocycles. The topological polar surface area (TPSA) is 61.8 Å². The SMILES string of the molecule is O=[PH+]OCOCO[PH+]=O. The van der Waals surface area contributed by atoms with E-state index in [4.69, 9.17) is 0 Å². The van der Waals surface area contributed by atoms with Crippen molar-refractivity contribution in [3.05, 3.63) is 0 Å². The summed E-state index contributed by atoms with van der Waals surface area (Å²) in [6.45, 7) is -0.209. The Morgan fingerprint density at radius 3 is 1.78 bits per heavy atom. The summed E-state index contributed by atoms with van der Waals surface area (Å²) >= 11 is 0. The Morgan fingerprint density at radius 2 is 1.44 bits per heavy atom. The first-order chi connectivity index (χ1) is 4.41. The van der Waals surface area contributed by atoms with Gasteiger partial charge in [0.05, 0.1) is 0 Å². The van der Waals surface area contributed by atoms with Crippen LogP contribution in [0.4, 0.5) is 0 Å². The molecule has 52 valence electrons. The van der Waals surface area contributed by atoms with Gasteiger partial charge in [-0.05, 0) is 9.13 Å². The van der Waals surface area contributed by atoms with Crippen LogP contribution < -0.4 is 0 Å². The predicted molar refractivity (Wildman–Crippen MR) is 31.0 cm³/mol. The quantitative estimate of drug-likeness (QED) is 0.337. The van der Waals surface area contributed by atoms with Crippen LogP contribution in [-0.4, -0.2) is 13.6 Å². The second-order valence-electron chi connectivity index (χ2n) is 0.895. The summed E-state index contributed by atoms with van der Waals surface area (Å²) in [5, 5.41) is 0. The van der Waals surface area contributed by atoms with Crippen molar-refractivity contribution in [3.63, 3.8) is 0 Å². The number of hydrogen-bond acceptors (Lipinski definition) is 5. The van der Waals surface area contributed by atoms with Gasteiger partial charge in [-0.1, -0.05) is 0 Å². The van der Waals surface area contributed by atoms with Gasteiger partial charge in [-0.25, -0.2) is 0 Å². The third-order valence-electron chi connectivity index (χ3n) is 0.402. The lowest BCUT2D eigenvalue weighted by Crippen LogP contribution is -1.94. The Morgan fingerprint density at radius 1 is 1.00 bits per heavy atom. The van der Waals surface area contributed by atoms with E-state index in [2.05, 4.69) is 13.8 Å². The van der Waals surface area contributed by atoms with Gasteiger partial charge in [0.25, 0.3) is 0 Å². The lowest BCUT2D eigenvalue weighted by Gasteiger charge is -1.87. The zero-order valence-corrected chi connectivity index (χ0v) is 6.46. The van der Waals surface area contributed by atoms with E-state index in [0.717, 1.165) is 0 Å². The largest absolute Gasteiger partial charge is 0.496 e. The Hall–Kier alpha value is 0.0800. The van der Waals surface area contributed by atoms with E-state index < -0.39 is 17.4 Å². The summed E-state index contributed by atoms with van der Waals surface area (Å²) in [4.78, 5) is 0. The van der Waals surface area contributed by atoms with Gasteiger partial charge in [0.1, 0.15) is 0 Å². The molecule has 0 radical (unpaired) electrons. The van der Waals surface area contributed by atoms with Gasteiger partial charge < -0.3 is 4.74 Å². The Balaban J connectivity index is 2.74. The molecule has 9 heavy (non-hydrogen) atoms. The first-order valence-corrected chi connectivity index (χ1v) is 3.60. The van der Waals surface area contributed by atoms with Crippen LogP contribution in [0.3, 0.4) is 0 Å². The van der Waals surface area contributed by atoms with Crippen LogP contribution in [0.5, 0.6) is 0 Å². The minimum absolute atomic E-state index is 0.105. The van der Waals surface area contributed by atoms with Gasteiger partial charge >= 0.3 is 17.4 Å². The van der Waals surface area contributed by atoms with Crippen molar-refractivity contribution in [3.8, 4) is 0 Å². The first kappa shape index (κ1) is 9.08. The molecule has 0 heterocycles. The second-order valence-corrected chi connectivity index (χ2v) is 1.81. The molecule has 0 aromatic carbocycles. The molecule has 5 nitrogen and oxygen atoms in total. The third kappa shape index (κ3) is 8.08. The van der Waals surface area contributed by atoms with E-state index in [-0.39, 0.29) is 13.6 Å². The van der Waals surface area contributed by atoms with Crippen LogP contribution >= 0.6 is 17.4 Å². The summed E-state index contributed by atoms with van der Waals surface area (Å²) in [7, 11) is -1.67. The van der Waals surface area contributed by atoms with E-state index in [1.54, 1.807) is 0 Å². The Bertz CT molecular complexity index is 75.0. The molecular formula is C2H6O5P2+2. The Kier molecular flexibility index (Phi) is 8.15. The molecule has 2 atom stereocenters. The molecule has 0 aliphatic carbocycles. The van der Waals surface area contributed by atoms with E-state index >= 15 is 0 Å². The molecule has 0 amide bonds. The fourth-order valence-electron chi connectivity index (χ4n) is 0.165. The van der Waals surface area contributed by atoms with Crippen molar-refractivity contribution in [2.75, 3.05) is 13.6 Å². The molecule has 0 N–H and O–H groups in total. The molecule has 0 aliphatic rings. The summed E-state index contributed by atoms with van der Waals surface area (Å²) in [5.41, 5.74) is 0. The van der Waals surface area contributed by atoms with Crippen LogP contribution in [0.2, 0.25) is 0 Å². The smallest absolute Gasteiger partial charge is 0.319 e.